The molecular weight excluding hydrogens is 198 g/mol. The standard InChI is InChI=1S/C9H13N3O3/c1-5-3-7(9(13)15-2)11-6(5)4-8(10)12-14/h3,11,14H,4H2,1-2H3,(H2,10,12). The van der Waals surface area contributed by atoms with Crippen LogP contribution >= 0.6 is 0 Å². The van der Waals surface area contributed by atoms with Crippen LogP contribution < -0.4 is 5.73 Å². The van der Waals surface area contributed by atoms with Gasteiger partial charge in [0.2, 0.25) is 0 Å². The minimum atomic E-state index is -0.441. The van der Waals surface area contributed by atoms with Crippen molar-refractivity contribution in [3.63, 3.8) is 0 Å². The number of carbonyl (C=O) groups is 1. The molecule has 0 atom stereocenters. The smallest absolute Gasteiger partial charge is 0.354 e. The summed E-state index contributed by atoms with van der Waals surface area (Å²) in [5.41, 5.74) is 7.30. The highest BCUT2D eigenvalue weighted by Crippen LogP contribution is 2.11. The van der Waals surface area contributed by atoms with Gasteiger partial charge in [-0.3, -0.25) is 0 Å². The number of methoxy groups -OCH3 is 1. The van der Waals surface area contributed by atoms with E-state index in [0.717, 1.165) is 11.3 Å². The molecule has 0 fully saturated rings. The summed E-state index contributed by atoms with van der Waals surface area (Å²) in [5, 5.41) is 11.3. The first-order valence-electron chi connectivity index (χ1n) is 4.31. The molecule has 1 aromatic rings. The SMILES string of the molecule is COC(=O)c1cc(C)c(C/C(N)=N/O)[nH]1. The summed E-state index contributed by atoms with van der Waals surface area (Å²) in [4.78, 5) is 14.0. The summed E-state index contributed by atoms with van der Waals surface area (Å²) >= 11 is 0. The molecule has 1 rings (SSSR count). The van der Waals surface area contributed by atoms with E-state index in [1.807, 2.05) is 6.92 Å². The maximum Gasteiger partial charge on any atom is 0.354 e. The van der Waals surface area contributed by atoms with Gasteiger partial charge in [-0.15, -0.1) is 0 Å². The first-order valence-corrected chi connectivity index (χ1v) is 4.31. The van der Waals surface area contributed by atoms with Gasteiger partial charge in [0, 0.05) is 12.1 Å². The molecule has 0 aliphatic rings. The highest BCUT2D eigenvalue weighted by Gasteiger charge is 2.12. The largest absolute Gasteiger partial charge is 0.464 e. The Morgan fingerprint density at radius 1 is 1.73 bits per heavy atom. The number of esters is 1. The number of nitrogens with zero attached hydrogens (tertiary/aromatic N) is 1. The number of aryl methyl sites for hydroxylation is 1. The molecule has 0 saturated carbocycles. The number of nitrogens with two attached hydrogens (primary N) is 1. The third-order valence-electron chi connectivity index (χ3n) is 2.01. The monoisotopic (exact) mass is 211 g/mol. The first kappa shape index (κ1) is 11.1. The Morgan fingerprint density at radius 3 is 2.93 bits per heavy atom. The van der Waals surface area contributed by atoms with E-state index < -0.39 is 5.97 Å². The van der Waals surface area contributed by atoms with Crippen molar-refractivity contribution in [3.05, 3.63) is 23.0 Å². The number of aromatic amines is 1. The van der Waals surface area contributed by atoms with Crippen molar-refractivity contribution in [2.24, 2.45) is 10.9 Å². The van der Waals surface area contributed by atoms with Gasteiger partial charge in [-0.05, 0) is 18.6 Å². The van der Waals surface area contributed by atoms with E-state index in [2.05, 4.69) is 14.9 Å². The Morgan fingerprint density at radius 2 is 2.40 bits per heavy atom. The lowest BCUT2D eigenvalue weighted by Gasteiger charge is -1.97. The van der Waals surface area contributed by atoms with E-state index >= 15 is 0 Å². The molecule has 0 aliphatic heterocycles. The first-order chi connectivity index (χ1) is 7.08. The third kappa shape index (κ3) is 2.49. The molecule has 0 bridgehead atoms. The number of amidine groups is 1. The van der Waals surface area contributed by atoms with Crippen LogP contribution in [0.25, 0.3) is 0 Å². The Labute approximate surface area is 86.7 Å². The van der Waals surface area contributed by atoms with E-state index in [1.54, 1.807) is 6.07 Å². The lowest BCUT2D eigenvalue weighted by Crippen LogP contribution is -2.15. The summed E-state index contributed by atoms with van der Waals surface area (Å²) < 4.78 is 4.55. The molecule has 0 spiro atoms. The van der Waals surface area contributed by atoms with Crippen molar-refractivity contribution in [2.75, 3.05) is 7.11 Å². The second-order valence-corrected chi connectivity index (χ2v) is 3.10. The van der Waals surface area contributed by atoms with Crippen molar-refractivity contribution < 1.29 is 14.7 Å². The molecule has 6 heteroatoms. The second-order valence-electron chi connectivity index (χ2n) is 3.10. The molecule has 0 aromatic carbocycles. The Balaban J connectivity index is 2.91. The topological polar surface area (TPSA) is 101 Å². The van der Waals surface area contributed by atoms with Gasteiger partial charge in [0.15, 0.2) is 0 Å². The van der Waals surface area contributed by atoms with Gasteiger partial charge in [0.05, 0.1) is 7.11 Å². The van der Waals surface area contributed by atoms with Crippen molar-refractivity contribution >= 4 is 11.8 Å². The predicted octanol–water partition coefficient (Wildman–Crippen LogP) is 0.399. The number of aromatic nitrogens is 1. The summed E-state index contributed by atoms with van der Waals surface area (Å²) in [5.74, 6) is -0.361. The predicted molar refractivity (Wildman–Crippen MR) is 54.0 cm³/mol. The number of hydrogen-bond donors (Lipinski definition) is 3. The molecule has 4 N–H and O–H groups in total. The average molecular weight is 211 g/mol. The summed E-state index contributed by atoms with van der Waals surface area (Å²) in [6, 6.07) is 1.66. The van der Waals surface area contributed by atoms with Crippen LogP contribution in [0.4, 0.5) is 0 Å². The fourth-order valence-electron chi connectivity index (χ4n) is 1.22. The number of carbonyl (C=O) groups excluding carboxylic acids is 1. The number of H-pyrrole nitrogens is 1. The third-order valence-corrected chi connectivity index (χ3v) is 2.01. The zero-order valence-electron chi connectivity index (χ0n) is 8.57. The molecule has 0 radical (unpaired) electrons. The number of hydrogen-bond acceptors (Lipinski definition) is 4. The van der Waals surface area contributed by atoms with Crippen LogP contribution in [0, 0.1) is 6.92 Å². The molecular formula is C9H13N3O3. The number of nitrogens with one attached hydrogen (secondary N) is 1. The minimum Gasteiger partial charge on any atom is -0.464 e. The molecule has 0 unspecified atom stereocenters. The lowest BCUT2D eigenvalue weighted by atomic mass is 10.2. The lowest BCUT2D eigenvalue weighted by molar-refractivity contribution is 0.0594. The van der Waals surface area contributed by atoms with Gasteiger partial charge in [0.25, 0.3) is 0 Å². The maximum atomic E-state index is 11.2. The summed E-state index contributed by atoms with van der Waals surface area (Å²) in [7, 11) is 1.31. The van der Waals surface area contributed by atoms with Crippen LogP contribution in [0.1, 0.15) is 21.7 Å². The van der Waals surface area contributed by atoms with Crippen molar-refractivity contribution in [1.82, 2.24) is 4.98 Å². The normalized spacial score (nSPS) is 11.5. The van der Waals surface area contributed by atoms with Crippen LogP contribution in [0.3, 0.4) is 0 Å². The van der Waals surface area contributed by atoms with E-state index in [4.69, 9.17) is 10.9 Å². The maximum absolute atomic E-state index is 11.2. The van der Waals surface area contributed by atoms with Gasteiger partial charge in [-0.25, -0.2) is 4.79 Å². The minimum absolute atomic E-state index is 0.0800. The van der Waals surface area contributed by atoms with E-state index in [9.17, 15) is 4.79 Å². The van der Waals surface area contributed by atoms with Gasteiger partial charge in [-0.2, -0.15) is 0 Å². The highest BCUT2D eigenvalue weighted by molar-refractivity contribution is 5.88. The zero-order valence-corrected chi connectivity index (χ0v) is 8.57. The number of ether oxygens (including phenoxy) is 1. The highest BCUT2D eigenvalue weighted by atomic mass is 16.5. The van der Waals surface area contributed by atoms with E-state index in [0.29, 0.717) is 5.69 Å². The molecule has 1 heterocycles. The molecule has 0 aliphatic carbocycles. The molecule has 0 saturated heterocycles. The Hall–Kier alpha value is -1.98. The molecule has 0 amide bonds. The number of oxime groups is 1. The van der Waals surface area contributed by atoms with Crippen LogP contribution in [0.15, 0.2) is 11.2 Å². The van der Waals surface area contributed by atoms with Crippen LogP contribution in [-0.2, 0) is 11.2 Å². The van der Waals surface area contributed by atoms with Crippen LogP contribution in [0.5, 0.6) is 0 Å². The fourth-order valence-corrected chi connectivity index (χ4v) is 1.22. The fraction of sp³-hybridized carbons (Fsp3) is 0.333. The van der Waals surface area contributed by atoms with Crippen molar-refractivity contribution in [3.8, 4) is 0 Å². The van der Waals surface area contributed by atoms with Gasteiger partial charge in [0.1, 0.15) is 11.5 Å². The molecule has 6 nitrogen and oxygen atoms in total. The molecule has 82 valence electrons. The van der Waals surface area contributed by atoms with Crippen molar-refractivity contribution in [2.45, 2.75) is 13.3 Å². The summed E-state index contributed by atoms with van der Waals surface area (Å²) in [6.07, 6.45) is 0.263. The van der Waals surface area contributed by atoms with Gasteiger partial charge < -0.3 is 20.7 Å². The average Bonchev–Trinajstić information content (AvgIpc) is 2.59. The quantitative estimate of drug-likeness (QED) is 0.221. The van der Waals surface area contributed by atoms with Crippen LogP contribution in [0.2, 0.25) is 0 Å². The van der Waals surface area contributed by atoms with Crippen LogP contribution in [-0.4, -0.2) is 29.1 Å². The van der Waals surface area contributed by atoms with Crippen molar-refractivity contribution in [1.29, 1.82) is 0 Å². The van der Waals surface area contributed by atoms with E-state index in [-0.39, 0.29) is 12.3 Å². The van der Waals surface area contributed by atoms with E-state index in [1.165, 1.54) is 7.11 Å². The van der Waals surface area contributed by atoms with Gasteiger partial charge in [-0.1, -0.05) is 5.16 Å². The Bertz CT molecular complexity index is 395. The number of rotatable bonds is 3. The summed E-state index contributed by atoms with van der Waals surface area (Å²) in [6.45, 7) is 1.82. The second kappa shape index (κ2) is 4.50. The Kier molecular flexibility index (Phi) is 3.33. The molecule has 1 aromatic heterocycles. The zero-order chi connectivity index (χ0) is 11.4. The van der Waals surface area contributed by atoms with Gasteiger partial charge >= 0.3 is 5.97 Å². The molecule has 15 heavy (non-hydrogen) atoms.